The number of rotatable bonds is 4. The molecule has 1 saturated heterocycles. The highest BCUT2D eigenvalue weighted by Crippen LogP contribution is 2.35. The summed E-state index contributed by atoms with van der Waals surface area (Å²) in [6.07, 6.45) is 5.44. The summed E-state index contributed by atoms with van der Waals surface area (Å²) in [7, 11) is 0. The number of hydrogen-bond donors (Lipinski definition) is 2. The van der Waals surface area contributed by atoms with Gasteiger partial charge in [0.2, 0.25) is 0 Å². The number of piperidine rings is 1. The lowest BCUT2D eigenvalue weighted by Gasteiger charge is -2.39. The Kier molecular flexibility index (Phi) is 4.96. The molecule has 6 nitrogen and oxygen atoms in total. The Morgan fingerprint density at radius 1 is 1.04 bits per heavy atom. The lowest BCUT2D eigenvalue weighted by atomic mass is 9.85. The zero-order valence-electron chi connectivity index (χ0n) is 16.0. The molecule has 3 N–H and O–H groups in total. The maximum atomic E-state index is 11.1. The molecule has 0 spiro atoms. The molecule has 0 aliphatic carbocycles. The summed E-state index contributed by atoms with van der Waals surface area (Å²) in [5, 5.41) is 11.1. The zero-order chi connectivity index (χ0) is 19.6. The van der Waals surface area contributed by atoms with Crippen molar-refractivity contribution in [3.8, 4) is 11.1 Å². The molecule has 0 amide bonds. The Labute approximate surface area is 165 Å². The maximum absolute atomic E-state index is 11.1. The molecular formula is C22H25N5O. The van der Waals surface area contributed by atoms with Gasteiger partial charge in [-0.15, -0.1) is 0 Å². The van der Waals surface area contributed by atoms with Gasteiger partial charge in [0.25, 0.3) is 0 Å². The molecule has 1 fully saturated rings. The minimum Gasteiger partial charge on any atom is -0.389 e. The van der Waals surface area contributed by atoms with Crippen LogP contribution in [0.1, 0.15) is 24.1 Å². The van der Waals surface area contributed by atoms with Crippen LogP contribution in [0, 0.1) is 6.92 Å². The van der Waals surface area contributed by atoms with Gasteiger partial charge in [0.05, 0.1) is 11.3 Å². The van der Waals surface area contributed by atoms with Gasteiger partial charge >= 0.3 is 0 Å². The topological polar surface area (TPSA) is 88.2 Å². The van der Waals surface area contributed by atoms with Crippen LogP contribution in [0.25, 0.3) is 11.1 Å². The minimum absolute atomic E-state index is 0.490. The van der Waals surface area contributed by atoms with Gasteiger partial charge in [0, 0.05) is 36.8 Å². The highest BCUT2D eigenvalue weighted by atomic mass is 16.3. The maximum Gasteiger partial charge on any atom is 0.140 e. The van der Waals surface area contributed by atoms with Gasteiger partial charge in [0.15, 0.2) is 0 Å². The van der Waals surface area contributed by atoms with Gasteiger partial charge in [0.1, 0.15) is 18.0 Å². The third-order valence-electron chi connectivity index (χ3n) is 5.46. The van der Waals surface area contributed by atoms with E-state index in [0.29, 0.717) is 25.1 Å². The number of aliphatic hydroxyl groups is 1. The van der Waals surface area contributed by atoms with Gasteiger partial charge < -0.3 is 15.7 Å². The Morgan fingerprint density at radius 2 is 1.79 bits per heavy atom. The Bertz CT molecular complexity index is 935. The van der Waals surface area contributed by atoms with Gasteiger partial charge in [-0.05, 0) is 37.5 Å². The van der Waals surface area contributed by atoms with Crippen molar-refractivity contribution in [1.29, 1.82) is 0 Å². The molecular weight excluding hydrogens is 350 g/mol. The Morgan fingerprint density at radius 3 is 2.46 bits per heavy atom. The molecule has 1 aromatic carbocycles. The van der Waals surface area contributed by atoms with Crippen molar-refractivity contribution in [1.82, 2.24) is 15.0 Å². The molecule has 0 saturated carbocycles. The first-order valence-corrected chi connectivity index (χ1v) is 9.59. The summed E-state index contributed by atoms with van der Waals surface area (Å²) >= 11 is 0. The molecule has 1 aliphatic heterocycles. The summed E-state index contributed by atoms with van der Waals surface area (Å²) in [5.41, 5.74) is 9.06. The van der Waals surface area contributed by atoms with Crippen LogP contribution in [0.2, 0.25) is 0 Å². The number of anilines is 2. The molecule has 28 heavy (non-hydrogen) atoms. The van der Waals surface area contributed by atoms with E-state index in [9.17, 15) is 5.11 Å². The number of nitrogen functional groups attached to an aromatic ring is 1. The number of nitrogens with two attached hydrogens (primary N) is 1. The molecule has 0 radical (unpaired) electrons. The van der Waals surface area contributed by atoms with Crippen molar-refractivity contribution in [2.24, 2.45) is 0 Å². The van der Waals surface area contributed by atoms with Gasteiger partial charge in [-0.2, -0.15) is 0 Å². The summed E-state index contributed by atoms with van der Waals surface area (Å²) in [4.78, 5) is 15.4. The normalized spacial score (nSPS) is 16.1. The standard InChI is InChI=1S/C22H25N5O/c1-16-20(18-7-8-19(23)24-14-18)21(26-15-25-16)27-11-9-22(28,10-12-27)13-17-5-3-2-4-6-17/h2-8,14-15,28H,9-13H2,1H3,(H2,23,24). The molecule has 3 aromatic rings. The average molecular weight is 375 g/mol. The van der Waals surface area contributed by atoms with Crippen LogP contribution in [-0.4, -0.2) is 38.7 Å². The first-order valence-electron chi connectivity index (χ1n) is 9.59. The van der Waals surface area contributed by atoms with Crippen LogP contribution >= 0.6 is 0 Å². The van der Waals surface area contributed by atoms with Crippen molar-refractivity contribution >= 4 is 11.6 Å². The van der Waals surface area contributed by atoms with Crippen molar-refractivity contribution < 1.29 is 5.11 Å². The number of aryl methyl sites for hydroxylation is 1. The van der Waals surface area contributed by atoms with E-state index in [1.165, 1.54) is 5.56 Å². The summed E-state index contributed by atoms with van der Waals surface area (Å²) in [5.74, 6) is 1.38. The minimum atomic E-state index is -0.678. The van der Waals surface area contributed by atoms with Crippen molar-refractivity contribution in [3.05, 3.63) is 66.2 Å². The van der Waals surface area contributed by atoms with Crippen LogP contribution < -0.4 is 10.6 Å². The van der Waals surface area contributed by atoms with Crippen molar-refractivity contribution in [2.45, 2.75) is 31.8 Å². The molecule has 144 valence electrons. The van der Waals surface area contributed by atoms with E-state index in [4.69, 9.17) is 5.73 Å². The number of aromatic nitrogens is 3. The second-order valence-corrected chi connectivity index (χ2v) is 7.50. The molecule has 2 aromatic heterocycles. The Balaban J connectivity index is 1.55. The predicted molar refractivity (Wildman–Crippen MR) is 111 cm³/mol. The molecule has 3 heterocycles. The average Bonchev–Trinajstić information content (AvgIpc) is 2.70. The number of benzene rings is 1. The first-order chi connectivity index (χ1) is 13.5. The van der Waals surface area contributed by atoms with Crippen LogP contribution in [0.5, 0.6) is 0 Å². The molecule has 6 heteroatoms. The van der Waals surface area contributed by atoms with Gasteiger partial charge in [-0.1, -0.05) is 30.3 Å². The molecule has 4 rings (SSSR count). The third-order valence-corrected chi connectivity index (χ3v) is 5.46. The van der Waals surface area contributed by atoms with Gasteiger partial charge in [-0.3, -0.25) is 0 Å². The largest absolute Gasteiger partial charge is 0.389 e. The Hall–Kier alpha value is -2.99. The van der Waals surface area contributed by atoms with E-state index in [2.05, 4.69) is 32.0 Å². The fourth-order valence-corrected chi connectivity index (χ4v) is 3.88. The van der Waals surface area contributed by atoms with Crippen LogP contribution in [0.3, 0.4) is 0 Å². The smallest absolute Gasteiger partial charge is 0.140 e. The van der Waals surface area contributed by atoms with E-state index in [-0.39, 0.29) is 0 Å². The van der Waals surface area contributed by atoms with Gasteiger partial charge in [-0.25, -0.2) is 15.0 Å². The monoisotopic (exact) mass is 375 g/mol. The highest BCUT2D eigenvalue weighted by Gasteiger charge is 2.33. The van der Waals surface area contributed by atoms with E-state index in [0.717, 1.165) is 35.7 Å². The summed E-state index contributed by atoms with van der Waals surface area (Å²) < 4.78 is 0. The fraction of sp³-hybridized carbons (Fsp3) is 0.318. The number of nitrogens with zero attached hydrogens (tertiary/aromatic N) is 4. The molecule has 0 bridgehead atoms. The zero-order valence-corrected chi connectivity index (χ0v) is 16.0. The van der Waals surface area contributed by atoms with E-state index in [1.807, 2.05) is 31.2 Å². The SMILES string of the molecule is Cc1ncnc(N2CCC(O)(Cc3ccccc3)CC2)c1-c1ccc(N)nc1. The van der Waals surface area contributed by atoms with Crippen LogP contribution in [-0.2, 0) is 6.42 Å². The van der Waals surface area contributed by atoms with E-state index in [1.54, 1.807) is 18.6 Å². The lowest BCUT2D eigenvalue weighted by Crippen LogP contribution is -2.46. The predicted octanol–water partition coefficient (Wildman–Crippen LogP) is 3.00. The van der Waals surface area contributed by atoms with Crippen molar-refractivity contribution in [3.63, 3.8) is 0 Å². The lowest BCUT2D eigenvalue weighted by molar-refractivity contribution is 0.0164. The molecule has 0 unspecified atom stereocenters. The number of pyridine rings is 1. The highest BCUT2D eigenvalue weighted by molar-refractivity contribution is 5.77. The number of hydrogen-bond acceptors (Lipinski definition) is 6. The second kappa shape index (κ2) is 7.56. The second-order valence-electron chi connectivity index (χ2n) is 7.50. The van der Waals surface area contributed by atoms with Crippen LogP contribution in [0.15, 0.2) is 55.0 Å². The fourth-order valence-electron chi connectivity index (χ4n) is 3.88. The molecule has 0 atom stereocenters. The first kappa shape index (κ1) is 18.4. The summed E-state index contributed by atoms with van der Waals surface area (Å²) in [6.45, 7) is 3.47. The van der Waals surface area contributed by atoms with E-state index < -0.39 is 5.60 Å². The summed E-state index contributed by atoms with van der Waals surface area (Å²) in [6, 6.07) is 13.9. The third kappa shape index (κ3) is 3.82. The quantitative estimate of drug-likeness (QED) is 0.729. The van der Waals surface area contributed by atoms with E-state index >= 15 is 0 Å². The van der Waals surface area contributed by atoms with Crippen LogP contribution in [0.4, 0.5) is 11.6 Å². The molecule has 1 aliphatic rings. The van der Waals surface area contributed by atoms with Crippen molar-refractivity contribution in [2.75, 3.05) is 23.7 Å².